The zero-order valence-electron chi connectivity index (χ0n) is 12.0. The van der Waals surface area contributed by atoms with Crippen molar-refractivity contribution in [1.82, 2.24) is 4.72 Å². The number of benzene rings is 1. The first-order valence-corrected chi connectivity index (χ1v) is 7.91. The third-order valence-corrected chi connectivity index (χ3v) is 4.10. The summed E-state index contributed by atoms with van der Waals surface area (Å²) in [4.78, 5) is 10.3. The standard InChI is InChI=1S/C12H19N3O5S/c1-3-6-13-11-5-4-10(9-12(11)15(16)17)21(18,19)14-7-8-20-2/h4-5,9,13-14H,3,6-8H2,1-2H3. The van der Waals surface area contributed by atoms with E-state index in [1.807, 2.05) is 6.92 Å². The second kappa shape index (κ2) is 7.91. The van der Waals surface area contributed by atoms with E-state index in [0.717, 1.165) is 12.5 Å². The SMILES string of the molecule is CCCNc1ccc(S(=O)(=O)NCCOC)cc1[N+](=O)[O-]. The fourth-order valence-electron chi connectivity index (χ4n) is 1.60. The van der Waals surface area contributed by atoms with Crippen LogP contribution in [0.2, 0.25) is 0 Å². The molecular weight excluding hydrogens is 298 g/mol. The predicted octanol–water partition coefficient (Wildman–Crippen LogP) is 1.34. The van der Waals surface area contributed by atoms with E-state index in [-0.39, 0.29) is 23.7 Å². The zero-order chi connectivity index (χ0) is 15.9. The summed E-state index contributed by atoms with van der Waals surface area (Å²) in [5.74, 6) is 0. The Kier molecular flexibility index (Phi) is 6.53. The molecule has 0 unspecified atom stereocenters. The smallest absolute Gasteiger partial charge is 0.293 e. The molecule has 118 valence electrons. The highest BCUT2D eigenvalue weighted by Gasteiger charge is 2.20. The van der Waals surface area contributed by atoms with Gasteiger partial charge in [0.05, 0.1) is 16.4 Å². The number of rotatable bonds is 9. The van der Waals surface area contributed by atoms with Crippen molar-refractivity contribution in [2.75, 3.05) is 32.1 Å². The van der Waals surface area contributed by atoms with Gasteiger partial charge in [-0.15, -0.1) is 0 Å². The molecule has 0 saturated heterocycles. The van der Waals surface area contributed by atoms with Crippen molar-refractivity contribution in [3.05, 3.63) is 28.3 Å². The lowest BCUT2D eigenvalue weighted by Crippen LogP contribution is -2.27. The molecule has 9 heteroatoms. The van der Waals surface area contributed by atoms with Gasteiger partial charge in [0.2, 0.25) is 10.0 Å². The Bertz CT molecular complexity index is 589. The van der Waals surface area contributed by atoms with E-state index in [2.05, 4.69) is 10.0 Å². The average Bonchev–Trinajstić information content (AvgIpc) is 2.44. The van der Waals surface area contributed by atoms with E-state index in [4.69, 9.17) is 4.74 Å². The molecule has 0 aliphatic carbocycles. The Balaban J connectivity index is 3.04. The summed E-state index contributed by atoms with van der Waals surface area (Å²) in [5.41, 5.74) is 0.0377. The molecule has 0 bridgehead atoms. The van der Waals surface area contributed by atoms with Crippen LogP contribution in [-0.2, 0) is 14.8 Å². The summed E-state index contributed by atoms with van der Waals surface area (Å²) in [6.45, 7) is 2.82. The molecule has 21 heavy (non-hydrogen) atoms. The topological polar surface area (TPSA) is 111 Å². The van der Waals surface area contributed by atoms with Crippen molar-refractivity contribution in [2.45, 2.75) is 18.2 Å². The number of hydrogen-bond donors (Lipinski definition) is 2. The monoisotopic (exact) mass is 317 g/mol. The minimum atomic E-state index is -3.79. The van der Waals surface area contributed by atoms with Gasteiger partial charge in [-0.2, -0.15) is 0 Å². The molecule has 0 atom stereocenters. The molecule has 8 nitrogen and oxygen atoms in total. The minimum absolute atomic E-state index is 0.0997. The van der Waals surface area contributed by atoms with Gasteiger partial charge in [0.25, 0.3) is 5.69 Å². The van der Waals surface area contributed by atoms with E-state index < -0.39 is 14.9 Å². The average molecular weight is 317 g/mol. The van der Waals surface area contributed by atoms with E-state index in [0.29, 0.717) is 12.2 Å². The van der Waals surface area contributed by atoms with E-state index in [9.17, 15) is 18.5 Å². The van der Waals surface area contributed by atoms with Crippen LogP contribution in [0, 0.1) is 10.1 Å². The molecular formula is C12H19N3O5S. The molecule has 1 aromatic rings. The molecule has 0 radical (unpaired) electrons. The number of nitro benzene ring substituents is 1. The summed E-state index contributed by atoms with van der Waals surface area (Å²) >= 11 is 0. The number of nitro groups is 1. The Labute approximate surface area is 123 Å². The molecule has 0 aliphatic heterocycles. The highest BCUT2D eigenvalue weighted by molar-refractivity contribution is 7.89. The van der Waals surface area contributed by atoms with Crippen LogP contribution < -0.4 is 10.0 Å². The van der Waals surface area contributed by atoms with Gasteiger partial charge in [-0.05, 0) is 18.6 Å². The number of nitrogens with zero attached hydrogens (tertiary/aromatic N) is 1. The maximum atomic E-state index is 12.0. The first-order chi connectivity index (χ1) is 9.92. The van der Waals surface area contributed by atoms with Crippen LogP contribution in [0.5, 0.6) is 0 Å². The molecule has 1 rings (SSSR count). The fraction of sp³-hybridized carbons (Fsp3) is 0.500. The van der Waals surface area contributed by atoms with Crippen molar-refractivity contribution in [2.24, 2.45) is 0 Å². The number of ether oxygens (including phenoxy) is 1. The number of nitrogens with one attached hydrogen (secondary N) is 2. The summed E-state index contributed by atoms with van der Waals surface area (Å²) < 4.78 is 31.1. The van der Waals surface area contributed by atoms with Gasteiger partial charge in [-0.25, -0.2) is 13.1 Å². The molecule has 1 aromatic carbocycles. The first-order valence-electron chi connectivity index (χ1n) is 6.43. The first kappa shape index (κ1) is 17.3. The van der Waals surface area contributed by atoms with Crippen LogP contribution in [0.1, 0.15) is 13.3 Å². The van der Waals surface area contributed by atoms with Crippen molar-refractivity contribution in [3.63, 3.8) is 0 Å². The van der Waals surface area contributed by atoms with Gasteiger partial charge in [0.15, 0.2) is 0 Å². The van der Waals surface area contributed by atoms with Crippen molar-refractivity contribution < 1.29 is 18.1 Å². The Hall–Kier alpha value is -1.71. The highest BCUT2D eigenvalue weighted by atomic mass is 32.2. The molecule has 2 N–H and O–H groups in total. The lowest BCUT2D eigenvalue weighted by molar-refractivity contribution is -0.384. The maximum absolute atomic E-state index is 12.0. The highest BCUT2D eigenvalue weighted by Crippen LogP contribution is 2.27. The summed E-state index contributed by atoms with van der Waals surface area (Å²) in [6.07, 6.45) is 0.801. The molecule has 0 aromatic heterocycles. The molecule has 0 aliphatic rings. The molecule has 0 saturated carbocycles. The van der Waals surface area contributed by atoms with Crippen LogP contribution in [0.15, 0.2) is 23.1 Å². The van der Waals surface area contributed by atoms with Crippen LogP contribution in [-0.4, -0.2) is 40.1 Å². The van der Waals surface area contributed by atoms with Gasteiger partial charge in [-0.1, -0.05) is 6.92 Å². The summed E-state index contributed by atoms with van der Waals surface area (Å²) in [7, 11) is -2.34. The molecule has 0 spiro atoms. The van der Waals surface area contributed by atoms with Crippen molar-refractivity contribution in [3.8, 4) is 0 Å². The van der Waals surface area contributed by atoms with Gasteiger partial charge in [0, 0.05) is 26.3 Å². The quantitative estimate of drug-likeness (QED) is 0.404. The van der Waals surface area contributed by atoms with Gasteiger partial charge in [0.1, 0.15) is 5.69 Å². The maximum Gasteiger partial charge on any atom is 0.293 e. The Morgan fingerprint density at radius 3 is 2.62 bits per heavy atom. The fourth-order valence-corrected chi connectivity index (χ4v) is 2.63. The van der Waals surface area contributed by atoms with Gasteiger partial charge >= 0.3 is 0 Å². The van der Waals surface area contributed by atoms with Crippen LogP contribution >= 0.6 is 0 Å². The number of anilines is 1. The summed E-state index contributed by atoms with van der Waals surface area (Å²) in [6, 6.07) is 3.78. The predicted molar refractivity (Wildman–Crippen MR) is 78.9 cm³/mol. The van der Waals surface area contributed by atoms with E-state index >= 15 is 0 Å². The minimum Gasteiger partial charge on any atom is -0.383 e. The molecule has 0 amide bonds. The second-order valence-corrected chi connectivity index (χ2v) is 6.02. The largest absolute Gasteiger partial charge is 0.383 e. The van der Waals surface area contributed by atoms with Gasteiger partial charge in [-0.3, -0.25) is 10.1 Å². The third kappa shape index (κ3) is 4.96. The second-order valence-electron chi connectivity index (χ2n) is 4.25. The third-order valence-electron chi connectivity index (χ3n) is 2.64. The van der Waals surface area contributed by atoms with E-state index in [1.165, 1.54) is 19.2 Å². The van der Waals surface area contributed by atoms with Crippen LogP contribution in [0.3, 0.4) is 0 Å². The van der Waals surface area contributed by atoms with Crippen molar-refractivity contribution in [1.29, 1.82) is 0 Å². The Morgan fingerprint density at radius 1 is 1.33 bits per heavy atom. The molecule has 0 heterocycles. The number of methoxy groups -OCH3 is 1. The van der Waals surface area contributed by atoms with Crippen molar-refractivity contribution >= 4 is 21.4 Å². The van der Waals surface area contributed by atoms with Crippen LogP contribution in [0.4, 0.5) is 11.4 Å². The zero-order valence-corrected chi connectivity index (χ0v) is 12.8. The molecule has 0 fully saturated rings. The number of sulfonamides is 1. The van der Waals surface area contributed by atoms with Crippen LogP contribution in [0.25, 0.3) is 0 Å². The normalized spacial score (nSPS) is 11.3. The summed E-state index contributed by atoms with van der Waals surface area (Å²) in [5, 5.41) is 14.0. The van der Waals surface area contributed by atoms with E-state index in [1.54, 1.807) is 0 Å². The lowest BCUT2D eigenvalue weighted by atomic mass is 10.2. The Morgan fingerprint density at radius 2 is 2.05 bits per heavy atom. The number of hydrogen-bond acceptors (Lipinski definition) is 6. The lowest BCUT2D eigenvalue weighted by Gasteiger charge is -2.09. The van der Waals surface area contributed by atoms with Gasteiger partial charge < -0.3 is 10.1 Å².